The fourth-order valence-electron chi connectivity index (χ4n) is 1.59. The standard InChI is InChI=1S/C13H21NO4/c1-9(8-15)14-7-11-12(17-3)5-10(16-2)6-13(11)18-4/h5-6,9,14-15H,7-8H2,1-4H3/t9-/m1/s1. The average molecular weight is 255 g/mol. The molecule has 1 atom stereocenters. The van der Waals surface area contributed by atoms with Crippen LogP contribution in [0.1, 0.15) is 12.5 Å². The van der Waals surface area contributed by atoms with Crippen LogP contribution in [0.4, 0.5) is 0 Å². The lowest BCUT2D eigenvalue weighted by atomic mass is 10.1. The van der Waals surface area contributed by atoms with Crippen LogP contribution in [-0.4, -0.2) is 39.1 Å². The van der Waals surface area contributed by atoms with Gasteiger partial charge in [0, 0.05) is 24.7 Å². The molecule has 0 fully saturated rings. The highest BCUT2D eigenvalue weighted by Gasteiger charge is 2.13. The van der Waals surface area contributed by atoms with Crippen molar-refractivity contribution < 1.29 is 19.3 Å². The third-order valence-corrected chi connectivity index (χ3v) is 2.72. The zero-order chi connectivity index (χ0) is 13.5. The van der Waals surface area contributed by atoms with E-state index in [0.717, 1.165) is 5.56 Å². The molecule has 0 aliphatic rings. The van der Waals surface area contributed by atoms with E-state index in [9.17, 15) is 0 Å². The molecule has 0 amide bonds. The smallest absolute Gasteiger partial charge is 0.130 e. The summed E-state index contributed by atoms with van der Waals surface area (Å²) in [5.41, 5.74) is 0.904. The highest BCUT2D eigenvalue weighted by Crippen LogP contribution is 2.33. The van der Waals surface area contributed by atoms with Crippen LogP contribution in [0.5, 0.6) is 17.2 Å². The minimum atomic E-state index is 0.0153. The van der Waals surface area contributed by atoms with Gasteiger partial charge in [-0.1, -0.05) is 0 Å². The van der Waals surface area contributed by atoms with Gasteiger partial charge in [0.15, 0.2) is 0 Å². The van der Waals surface area contributed by atoms with E-state index in [2.05, 4.69) is 5.32 Å². The molecular weight excluding hydrogens is 234 g/mol. The molecule has 0 aliphatic heterocycles. The molecule has 0 bridgehead atoms. The Morgan fingerprint density at radius 2 is 1.67 bits per heavy atom. The maximum absolute atomic E-state index is 9.00. The van der Waals surface area contributed by atoms with Gasteiger partial charge in [0.1, 0.15) is 17.2 Å². The van der Waals surface area contributed by atoms with Crippen LogP contribution < -0.4 is 19.5 Å². The Kier molecular flexibility index (Phi) is 5.74. The maximum atomic E-state index is 9.00. The number of ether oxygens (including phenoxy) is 3. The van der Waals surface area contributed by atoms with Crippen LogP contribution in [-0.2, 0) is 6.54 Å². The molecule has 0 aliphatic carbocycles. The van der Waals surface area contributed by atoms with E-state index >= 15 is 0 Å². The molecule has 5 heteroatoms. The van der Waals surface area contributed by atoms with Crippen molar-refractivity contribution in [2.45, 2.75) is 19.5 Å². The van der Waals surface area contributed by atoms with E-state index in [1.807, 2.05) is 19.1 Å². The van der Waals surface area contributed by atoms with Crippen LogP contribution in [0, 0.1) is 0 Å². The van der Waals surface area contributed by atoms with E-state index in [0.29, 0.717) is 23.8 Å². The second-order valence-electron chi connectivity index (χ2n) is 3.97. The molecule has 1 rings (SSSR count). The minimum absolute atomic E-state index is 0.0153. The highest BCUT2D eigenvalue weighted by atomic mass is 16.5. The van der Waals surface area contributed by atoms with Gasteiger partial charge in [-0.15, -0.1) is 0 Å². The summed E-state index contributed by atoms with van der Waals surface area (Å²) in [6.07, 6.45) is 0. The zero-order valence-electron chi connectivity index (χ0n) is 11.3. The number of rotatable bonds is 7. The summed E-state index contributed by atoms with van der Waals surface area (Å²) in [7, 11) is 4.81. The van der Waals surface area contributed by atoms with Gasteiger partial charge in [0.05, 0.1) is 33.5 Å². The summed E-state index contributed by atoms with van der Waals surface area (Å²) in [6.45, 7) is 2.54. The van der Waals surface area contributed by atoms with Crippen molar-refractivity contribution in [2.24, 2.45) is 0 Å². The van der Waals surface area contributed by atoms with Crippen molar-refractivity contribution >= 4 is 0 Å². The van der Waals surface area contributed by atoms with Crippen LogP contribution in [0.25, 0.3) is 0 Å². The topological polar surface area (TPSA) is 60.0 Å². The first-order valence-electron chi connectivity index (χ1n) is 5.79. The summed E-state index contributed by atoms with van der Waals surface area (Å²) >= 11 is 0. The van der Waals surface area contributed by atoms with Crippen LogP contribution >= 0.6 is 0 Å². The number of benzene rings is 1. The van der Waals surface area contributed by atoms with Gasteiger partial charge in [-0.25, -0.2) is 0 Å². The van der Waals surface area contributed by atoms with E-state index in [4.69, 9.17) is 19.3 Å². The van der Waals surface area contributed by atoms with Crippen molar-refractivity contribution in [3.8, 4) is 17.2 Å². The summed E-state index contributed by atoms with van der Waals surface area (Å²) in [6, 6.07) is 3.63. The first-order valence-corrected chi connectivity index (χ1v) is 5.79. The van der Waals surface area contributed by atoms with Gasteiger partial charge in [0.25, 0.3) is 0 Å². The number of hydrogen-bond donors (Lipinski definition) is 2. The predicted molar refractivity (Wildman–Crippen MR) is 69.5 cm³/mol. The summed E-state index contributed by atoms with van der Waals surface area (Å²) < 4.78 is 15.8. The van der Waals surface area contributed by atoms with Crippen molar-refractivity contribution in [2.75, 3.05) is 27.9 Å². The van der Waals surface area contributed by atoms with E-state index < -0.39 is 0 Å². The number of nitrogens with one attached hydrogen (secondary N) is 1. The third-order valence-electron chi connectivity index (χ3n) is 2.72. The highest BCUT2D eigenvalue weighted by molar-refractivity contribution is 5.50. The number of aliphatic hydroxyl groups is 1. The van der Waals surface area contributed by atoms with E-state index in [-0.39, 0.29) is 12.6 Å². The second kappa shape index (κ2) is 7.08. The zero-order valence-corrected chi connectivity index (χ0v) is 11.3. The lowest BCUT2D eigenvalue weighted by molar-refractivity contribution is 0.250. The number of methoxy groups -OCH3 is 3. The van der Waals surface area contributed by atoms with Gasteiger partial charge in [-0.3, -0.25) is 0 Å². The fraction of sp³-hybridized carbons (Fsp3) is 0.538. The van der Waals surface area contributed by atoms with Gasteiger partial charge in [-0.2, -0.15) is 0 Å². The van der Waals surface area contributed by atoms with Crippen molar-refractivity contribution in [1.82, 2.24) is 5.32 Å². The molecule has 0 unspecified atom stereocenters. The Balaban J connectivity index is 2.99. The summed E-state index contributed by atoms with van der Waals surface area (Å²) in [5.74, 6) is 2.08. The molecule has 5 nitrogen and oxygen atoms in total. The van der Waals surface area contributed by atoms with Crippen molar-refractivity contribution in [1.29, 1.82) is 0 Å². The molecule has 0 spiro atoms. The lowest BCUT2D eigenvalue weighted by Gasteiger charge is -2.17. The molecule has 0 saturated heterocycles. The molecule has 1 aromatic rings. The Morgan fingerprint density at radius 1 is 1.11 bits per heavy atom. The summed E-state index contributed by atoms with van der Waals surface area (Å²) in [4.78, 5) is 0. The van der Waals surface area contributed by atoms with Crippen LogP contribution in [0.15, 0.2) is 12.1 Å². The first-order chi connectivity index (χ1) is 8.65. The summed E-state index contributed by atoms with van der Waals surface area (Å²) in [5, 5.41) is 12.2. The molecule has 102 valence electrons. The second-order valence-corrected chi connectivity index (χ2v) is 3.97. The van der Waals surface area contributed by atoms with Crippen molar-refractivity contribution in [3.05, 3.63) is 17.7 Å². The van der Waals surface area contributed by atoms with Gasteiger partial charge in [-0.05, 0) is 6.92 Å². The van der Waals surface area contributed by atoms with E-state index in [1.54, 1.807) is 21.3 Å². The molecule has 1 aromatic carbocycles. The number of hydrogen-bond acceptors (Lipinski definition) is 5. The predicted octanol–water partition coefficient (Wildman–Crippen LogP) is 1.18. The lowest BCUT2D eigenvalue weighted by Crippen LogP contribution is -2.29. The molecule has 0 saturated carbocycles. The monoisotopic (exact) mass is 255 g/mol. The van der Waals surface area contributed by atoms with Crippen molar-refractivity contribution in [3.63, 3.8) is 0 Å². The molecule has 18 heavy (non-hydrogen) atoms. The van der Waals surface area contributed by atoms with Gasteiger partial charge < -0.3 is 24.6 Å². The van der Waals surface area contributed by atoms with E-state index in [1.165, 1.54) is 0 Å². The number of aliphatic hydroxyl groups excluding tert-OH is 1. The molecule has 0 radical (unpaired) electrons. The SMILES string of the molecule is COc1cc(OC)c(CN[C@H](C)CO)c(OC)c1. The molecular formula is C13H21NO4. The van der Waals surface area contributed by atoms with Gasteiger partial charge in [0.2, 0.25) is 0 Å². The third kappa shape index (κ3) is 3.51. The normalized spacial score (nSPS) is 12.1. The Morgan fingerprint density at radius 3 is 2.06 bits per heavy atom. The Hall–Kier alpha value is -1.46. The average Bonchev–Trinajstić information content (AvgIpc) is 2.43. The van der Waals surface area contributed by atoms with Crippen LogP contribution in [0.3, 0.4) is 0 Å². The van der Waals surface area contributed by atoms with Crippen LogP contribution in [0.2, 0.25) is 0 Å². The maximum Gasteiger partial charge on any atom is 0.130 e. The quantitative estimate of drug-likeness (QED) is 0.766. The minimum Gasteiger partial charge on any atom is -0.496 e. The Labute approximate surface area is 108 Å². The van der Waals surface area contributed by atoms with Gasteiger partial charge >= 0.3 is 0 Å². The first kappa shape index (κ1) is 14.6. The molecule has 0 aromatic heterocycles. The molecule has 0 heterocycles. The molecule has 2 N–H and O–H groups in total. The fourth-order valence-corrected chi connectivity index (χ4v) is 1.59. The Bertz CT molecular complexity index is 356. The largest absolute Gasteiger partial charge is 0.496 e.